The Bertz CT molecular complexity index is 3560. The van der Waals surface area contributed by atoms with Crippen molar-refractivity contribution < 1.29 is 0 Å². The van der Waals surface area contributed by atoms with Gasteiger partial charge in [0.2, 0.25) is 0 Å². The molecule has 7 aromatic carbocycles. The van der Waals surface area contributed by atoms with Gasteiger partial charge in [-0.2, -0.15) is 0 Å². The highest BCUT2D eigenvalue weighted by molar-refractivity contribution is 7.00. The predicted octanol–water partition coefficient (Wildman–Crippen LogP) is 17.0. The van der Waals surface area contributed by atoms with Gasteiger partial charge in [-0.25, -0.2) is 0 Å². The maximum absolute atomic E-state index is 2.77. The Balaban J connectivity index is 1.20. The van der Waals surface area contributed by atoms with Crippen LogP contribution in [0.2, 0.25) is 0 Å². The van der Waals surface area contributed by atoms with E-state index >= 15 is 0 Å². The molecule has 3 heteroatoms. The van der Waals surface area contributed by atoms with Gasteiger partial charge in [0.05, 0.1) is 0 Å². The summed E-state index contributed by atoms with van der Waals surface area (Å²) in [7, 11) is 0. The zero-order valence-corrected chi connectivity index (χ0v) is 47.0. The van der Waals surface area contributed by atoms with Gasteiger partial charge in [-0.05, 0) is 209 Å². The van der Waals surface area contributed by atoms with E-state index in [0.29, 0.717) is 0 Å². The minimum atomic E-state index is -0.162. The maximum Gasteiger partial charge on any atom is 0.252 e. The van der Waals surface area contributed by atoms with E-state index in [4.69, 9.17) is 0 Å². The fraction of sp³-hybridized carbons (Fsp3) is 0.400. The topological polar surface area (TPSA) is 6.48 Å². The van der Waals surface area contributed by atoms with Gasteiger partial charge in [0.1, 0.15) is 0 Å². The summed E-state index contributed by atoms with van der Waals surface area (Å²) in [6.45, 7) is 39.5. The monoisotopic (exact) mass is 957 g/mol. The summed E-state index contributed by atoms with van der Waals surface area (Å²) in [6.07, 6.45) is 5.85. The lowest BCUT2D eigenvalue weighted by Gasteiger charge is -2.47. The van der Waals surface area contributed by atoms with Gasteiger partial charge in [0.15, 0.2) is 0 Å². The number of rotatable bonds is 3. The fourth-order valence-corrected chi connectivity index (χ4v) is 15.9. The van der Waals surface area contributed by atoms with Crippen LogP contribution in [0.4, 0.5) is 34.1 Å². The zero-order valence-electron chi connectivity index (χ0n) is 47.0. The van der Waals surface area contributed by atoms with Crippen LogP contribution in [0, 0.1) is 13.8 Å². The number of hydrogen-bond donors (Lipinski definition) is 0. The van der Waals surface area contributed by atoms with Crippen LogP contribution in [0.5, 0.6) is 0 Å². The molecule has 0 fully saturated rings. The molecule has 7 aromatic rings. The van der Waals surface area contributed by atoms with Crippen LogP contribution < -0.4 is 26.2 Å². The lowest BCUT2D eigenvalue weighted by atomic mass is 9.33. The van der Waals surface area contributed by atoms with E-state index in [1.165, 1.54) is 154 Å². The molecule has 0 unspecified atom stereocenters. The third-order valence-electron chi connectivity index (χ3n) is 20.2. The van der Waals surface area contributed by atoms with Gasteiger partial charge in [-0.1, -0.05) is 176 Å². The molecule has 0 saturated heterocycles. The number of benzene rings is 7. The molecule has 0 atom stereocenters. The Labute approximate surface area is 438 Å². The summed E-state index contributed by atoms with van der Waals surface area (Å²) in [5, 5.41) is 0. The van der Waals surface area contributed by atoms with Crippen molar-refractivity contribution in [3.8, 4) is 22.3 Å². The smallest absolute Gasteiger partial charge is 0.252 e. The highest BCUT2D eigenvalue weighted by Crippen LogP contribution is 2.58. The van der Waals surface area contributed by atoms with Crippen molar-refractivity contribution in [3.05, 3.63) is 171 Å². The molecule has 73 heavy (non-hydrogen) atoms. The lowest BCUT2D eigenvalue weighted by molar-refractivity contribution is 0.332. The highest BCUT2D eigenvalue weighted by Gasteiger charge is 2.51. The predicted molar refractivity (Wildman–Crippen MR) is 314 cm³/mol. The van der Waals surface area contributed by atoms with Gasteiger partial charge < -0.3 is 9.80 Å². The molecule has 2 aliphatic heterocycles. The van der Waals surface area contributed by atoms with E-state index in [1.54, 1.807) is 0 Å². The third kappa shape index (κ3) is 6.48. The molecule has 4 aliphatic carbocycles. The van der Waals surface area contributed by atoms with Crippen molar-refractivity contribution in [1.82, 2.24) is 0 Å². The second-order valence-corrected chi connectivity index (χ2v) is 28.3. The number of hydrogen-bond acceptors (Lipinski definition) is 2. The Morgan fingerprint density at radius 1 is 0.342 bits per heavy atom. The Kier molecular flexibility index (Phi) is 9.48. The number of aryl methyl sites for hydroxylation is 2. The fourth-order valence-electron chi connectivity index (χ4n) is 15.9. The molecule has 13 rings (SSSR count). The number of anilines is 6. The molecule has 370 valence electrons. The van der Waals surface area contributed by atoms with Crippen molar-refractivity contribution >= 4 is 57.2 Å². The van der Waals surface area contributed by atoms with E-state index < -0.39 is 0 Å². The SMILES string of the molecule is Cc1cc2c(cc1N1c3cc4c(cc3B3c5cc6c(cc5N(c5cc7c(cc5C)C(C)(C)CCC7(C)C)c5cc(-c7ccccc7)cc1c53)C(C)(C)c1ccccc1-6)C(C)(C)CC4(C)C)C(C)(C)CCC2(C)C. The van der Waals surface area contributed by atoms with Gasteiger partial charge >= 0.3 is 0 Å². The molecule has 6 aliphatic rings. The molecule has 0 radical (unpaired) electrons. The normalized spacial score (nSPS) is 20.7. The van der Waals surface area contributed by atoms with Crippen LogP contribution in [0.15, 0.2) is 115 Å². The first-order valence-corrected chi connectivity index (χ1v) is 27.8. The molecule has 0 saturated carbocycles. The van der Waals surface area contributed by atoms with Crippen molar-refractivity contribution in [2.45, 2.75) is 181 Å². The molecule has 0 N–H and O–H groups in total. The molecule has 0 spiro atoms. The van der Waals surface area contributed by atoms with Crippen molar-refractivity contribution in [2.75, 3.05) is 9.80 Å². The summed E-state index contributed by atoms with van der Waals surface area (Å²) in [5.74, 6) is 0. The van der Waals surface area contributed by atoms with Gasteiger partial charge in [-0.3, -0.25) is 0 Å². The average Bonchev–Trinajstić information content (AvgIpc) is 3.68. The standard InChI is InChI=1S/C70H77BN2/c1-41-30-49-52(66(7,8)28-26-64(49,3)4)37-57(41)72-59-36-48-46(45-24-20-21-25-47(45)70(48,15)16)34-55(59)71-56-35-51-54(69(13,14)40-68(51,11)12)39-60(56)73(62-33-44(32-61(72)63(62)71)43-22-18-17-19-23-43)58-38-53-50(31-42(58)2)65(5,6)27-29-67(53,9)10/h17-25,30-39H,26-29,40H2,1-16H3. The summed E-state index contributed by atoms with van der Waals surface area (Å²) in [5.41, 5.74) is 32.1. The van der Waals surface area contributed by atoms with Crippen LogP contribution in [-0.2, 0) is 37.9 Å². The summed E-state index contributed by atoms with van der Waals surface area (Å²) in [4.78, 5) is 5.53. The summed E-state index contributed by atoms with van der Waals surface area (Å²) >= 11 is 0. The minimum absolute atomic E-state index is 0.0000691. The largest absolute Gasteiger partial charge is 0.311 e. The van der Waals surface area contributed by atoms with Crippen LogP contribution in [-0.4, -0.2) is 6.71 Å². The van der Waals surface area contributed by atoms with E-state index in [1.807, 2.05) is 0 Å². The first-order chi connectivity index (χ1) is 34.2. The quantitative estimate of drug-likeness (QED) is 0.163. The summed E-state index contributed by atoms with van der Waals surface area (Å²) in [6, 6.07) is 46.9. The lowest BCUT2D eigenvalue weighted by Crippen LogP contribution is -2.61. The van der Waals surface area contributed by atoms with Crippen molar-refractivity contribution in [1.29, 1.82) is 0 Å². The van der Waals surface area contributed by atoms with Crippen LogP contribution in [0.3, 0.4) is 0 Å². The zero-order chi connectivity index (χ0) is 51.5. The van der Waals surface area contributed by atoms with Crippen molar-refractivity contribution in [2.24, 2.45) is 0 Å². The summed E-state index contributed by atoms with van der Waals surface area (Å²) < 4.78 is 0. The Morgan fingerprint density at radius 3 is 1.27 bits per heavy atom. The minimum Gasteiger partial charge on any atom is -0.311 e. The van der Waals surface area contributed by atoms with Gasteiger partial charge in [0.25, 0.3) is 6.71 Å². The third-order valence-corrected chi connectivity index (χ3v) is 20.2. The molecule has 0 bridgehead atoms. The van der Waals surface area contributed by atoms with Crippen LogP contribution in [0.25, 0.3) is 22.3 Å². The first kappa shape index (κ1) is 47.0. The van der Waals surface area contributed by atoms with E-state index in [-0.39, 0.29) is 44.6 Å². The molecule has 2 nitrogen and oxygen atoms in total. The Hall–Kier alpha value is -5.80. The molecule has 2 heterocycles. The van der Waals surface area contributed by atoms with E-state index in [9.17, 15) is 0 Å². The molecule has 0 aromatic heterocycles. The van der Waals surface area contributed by atoms with Crippen LogP contribution in [0.1, 0.15) is 185 Å². The highest BCUT2D eigenvalue weighted by atomic mass is 15.2. The van der Waals surface area contributed by atoms with E-state index in [0.717, 1.165) is 6.42 Å². The number of fused-ring (bicyclic) bond motifs is 10. The molecular formula is C70H77BN2. The first-order valence-electron chi connectivity index (χ1n) is 27.8. The number of nitrogens with zero attached hydrogens (tertiary/aromatic N) is 2. The van der Waals surface area contributed by atoms with E-state index in [2.05, 4.69) is 236 Å². The second-order valence-electron chi connectivity index (χ2n) is 28.3. The van der Waals surface area contributed by atoms with Crippen LogP contribution >= 0.6 is 0 Å². The Morgan fingerprint density at radius 2 is 0.753 bits per heavy atom. The second kappa shape index (κ2) is 14.7. The van der Waals surface area contributed by atoms with Gasteiger partial charge in [-0.15, -0.1) is 0 Å². The molecular weight excluding hydrogens is 880 g/mol. The maximum atomic E-state index is 2.77. The van der Waals surface area contributed by atoms with Crippen molar-refractivity contribution in [3.63, 3.8) is 0 Å². The van der Waals surface area contributed by atoms with Gasteiger partial charge in [0, 0.05) is 39.5 Å². The molecule has 0 amide bonds. The average molecular weight is 957 g/mol.